The van der Waals surface area contributed by atoms with Gasteiger partial charge >= 0.3 is 0 Å². The molecule has 6 atom stereocenters. The van der Waals surface area contributed by atoms with Crippen molar-refractivity contribution in [3.8, 4) is 5.75 Å². The minimum Gasteiger partial charge on any atom is -0.487 e. The molecule has 0 spiro atoms. The number of benzene rings is 2. The summed E-state index contributed by atoms with van der Waals surface area (Å²) in [7, 11) is 3.69. The maximum absolute atomic E-state index is 14.0. The van der Waals surface area contributed by atoms with E-state index in [4.69, 9.17) is 4.74 Å². The number of rotatable bonds is 8. The molecular weight excluding hydrogens is 508 g/mol. The third-order valence-corrected chi connectivity index (χ3v) is 7.50. The number of aliphatic hydroxyl groups excluding tert-OH is 1. The van der Waals surface area contributed by atoms with E-state index >= 15 is 0 Å². The monoisotopic (exact) mass is 552 g/mol. The van der Waals surface area contributed by atoms with Crippen LogP contribution in [0.1, 0.15) is 51.3 Å². The molecule has 218 valence electrons. The number of ether oxygens (including phenoxy) is 1. The fourth-order valence-electron chi connectivity index (χ4n) is 5.03. The molecule has 2 heterocycles. The number of carbonyl (C=O) groups is 3. The zero-order valence-electron chi connectivity index (χ0n) is 24.4. The van der Waals surface area contributed by atoms with Crippen molar-refractivity contribution in [1.29, 1.82) is 0 Å². The molecule has 2 aliphatic rings. The predicted molar refractivity (Wildman–Crippen MR) is 155 cm³/mol. The van der Waals surface area contributed by atoms with Gasteiger partial charge in [-0.2, -0.15) is 0 Å². The number of hydrogen-bond donors (Lipinski definition) is 4. The molecule has 4 rings (SSSR count). The summed E-state index contributed by atoms with van der Waals surface area (Å²) in [6, 6.07) is 13.8. The molecule has 0 fully saturated rings. The summed E-state index contributed by atoms with van der Waals surface area (Å²) >= 11 is 0. The Labute approximate surface area is 237 Å². The van der Waals surface area contributed by atoms with Gasteiger partial charge in [0, 0.05) is 13.0 Å². The highest BCUT2D eigenvalue weighted by Crippen LogP contribution is 2.23. The Morgan fingerprint density at radius 3 is 2.27 bits per heavy atom. The van der Waals surface area contributed by atoms with Crippen molar-refractivity contribution >= 4 is 17.7 Å². The first-order chi connectivity index (χ1) is 19.0. The van der Waals surface area contributed by atoms with Crippen molar-refractivity contribution < 1.29 is 24.2 Å². The normalized spacial score (nSPS) is 23.5. The number of amides is 3. The van der Waals surface area contributed by atoms with E-state index in [0.717, 1.165) is 12.0 Å². The molecule has 2 aromatic rings. The van der Waals surface area contributed by atoms with E-state index in [0.29, 0.717) is 11.3 Å². The van der Waals surface area contributed by atoms with E-state index in [1.807, 2.05) is 77.0 Å². The van der Waals surface area contributed by atoms with Gasteiger partial charge in [0.2, 0.25) is 17.7 Å². The summed E-state index contributed by atoms with van der Waals surface area (Å²) in [5, 5.41) is 19.3. The molecule has 0 saturated carbocycles. The smallest absolute Gasteiger partial charge is 0.247 e. The van der Waals surface area contributed by atoms with Crippen molar-refractivity contribution in [2.24, 2.45) is 11.8 Å². The lowest BCUT2D eigenvalue weighted by molar-refractivity contribution is -0.137. The van der Waals surface area contributed by atoms with Crippen LogP contribution in [0.25, 0.3) is 0 Å². The van der Waals surface area contributed by atoms with Crippen LogP contribution < -0.4 is 20.7 Å². The van der Waals surface area contributed by atoms with Gasteiger partial charge in [0.05, 0.1) is 12.1 Å². The summed E-state index contributed by atoms with van der Waals surface area (Å²) in [4.78, 5) is 42.8. The highest BCUT2D eigenvalue weighted by atomic mass is 16.5. The third-order valence-electron chi connectivity index (χ3n) is 7.50. The zero-order valence-corrected chi connectivity index (χ0v) is 24.4. The molecule has 4 N–H and O–H groups in total. The second kappa shape index (κ2) is 14.3. The van der Waals surface area contributed by atoms with E-state index in [1.165, 1.54) is 0 Å². The maximum atomic E-state index is 14.0. The first-order valence-electron chi connectivity index (χ1n) is 14.0. The first kappa shape index (κ1) is 31.1. The Balaban J connectivity index is 2.03. The van der Waals surface area contributed by atoms with E-state index in [1.54, 1.807) is 24.3 Å². The number of likely N-dealkylation sites (N-methyl/N-ethyl adjacent to an activating group) is 1. The quantitative estimate of drug-likeness (QED) is 0.399. The van der Waals surface area contributed by atoms with Gasteiger partial charge in [-0.05, 0) is 49.2 Å². The Bertz CT molecular complexity index is 1120. The summed E-state index contributed by atoms with van der Waals surface area (Å²) in [6.45, 7) is 7.85. The van der Waals surface area contributed by atoms with E-state index < -0.39 is 42.1 Å². The molecular formula is C31H44N4O5. The van der Waals surface area contributed by atoms with Crippen LogP contribution in [0.4, 0.5) is 0 Å². The predicted octanol–water partition coefficient (Wildman–Crippen LogP) is 2.44. The van der Waals surface area contributed by atoms with Crippen LogP contribution in [0.3, 0.4) is 0 Å². The van der Waals surface area contributed by atoms with Crippen LogP contribution in [-0.2, 0) is 20.8 Å². The summed E-state index contributed by atoms with van der Waals surface area (Å²) in [5.74, 6) is -0.837. The highest BCUT2D eigenvalue weighted by Gasteiger charge is 2.38. The van der Waals surface area contributed by atoms with Crippen LogP contribution in [-0.4, -0.2) is 72.6 Å². The number of aliphatic hydroxyl groups is 1. The molecule has 2 bridgehead atoms. The van der Waals surface area contributed by atoms with Crippen LogP contribution in [0.15, 0.2) is 54.6 Å². The highest BCUT2D eigenvalue weighted by molar-refractivity contribution is 5.93. The number of carbonyl (C=O) groups excluding carboxylic acids is 3. The molecule has 0 saturated heterocycles. The number of fused-ring (bicyclic) bond motifs is 11. The average Bonchev–Trinajstić information content (AvgIpc) is 2.93. The van der Waals surface area contributed by atoms with Crippen LogP contribution in [0.2, 0.25) is 0 Å². The van der Waals surface area contributed by atoms with Crippen molar-refractivity contribution in [1.82, 2.24) is 20.9 Å². The Kier molecular flexibility index (Phi) is 11.1. The van der Waals surface area contributed by atoms with E-state index in [9.17, 15) is 19.5 Å². The average molecular weight is 553 g/mol. The van der Waals surface area contributed by atoms with Gasteiger partial charge in [-0.1, -0.05) is 76.6 Å². The standard InChI is InChI=1S/C31H44N4O5/c1-7-20(4)27(35(5)6)31(39)34-26-28(19(2)3)40-23-15-13-22(14-16-23)25(36)18-32-29(37)24(33-30(26)38)17-21-11-9-8-10-12-21/h8-16,19-20,24-28,36H,7,17-18H2,1-6H3,(H,32,37)(H,33,38)(H,34,39)/t20-,24?,25-,26?,27+,28+/m0/s1. The second-order valence-electron chi connectivity index (χ2n) is 11.2. The Morgan fingerprint density at radius 1 is 1.05 bits per heavy atom. The lowest BCUT2D eigenvalue weighted by Crippen LogP contribution is -2.62. The maximum Gasteiger partial charge on any atom is 0.247 e. The minimum absolute atomic E-state index is 0.0194. The first-order valence-corrected chi connectivity index (χ1v) is 14.0. The zero-order chi connectivity index (χ0) is 29.4. The van der Waals surface area contributed by atoms with Gasteiger partial charge in [-0.25, -0.2) is 0 Å². The van der Waals surface area contributed by atoms with Crippen molar-refractivity contribution in [3.05, 3.63) is 65.7 Å². The molecule has 2 aromatic carbocycles. The molecule has 3 amide bonds. The summed E-state index contributed by atoms with van der Waals surface area (Å²) in [6.07, 6.45) is -0.633. The lowest BCUT2D eigenvalue weighted by atomic mass is 9.94. The number of hydrogen-bond acceptors (Lipinski definition) is 6. The molecule has 9 nitrogen and oxygen atoms in total. The summed E-state index contributed by atoms with van der Waals surface area (Å²) in [5.41, 5.74) is 1.49. The topological polar surface area (TPSA) is 120 Å². The molecule has 2 unspecified atom stereocenters. The van der Waals surface area contributed by atoms with Gasteiger partial charge in [0.15, 0.2) is 0 Å². The molecule has 2 aliphatic heterocycles. The van der Waals surface area contributed by atoms with Gasteiger partial charge in [0.1, 0.15) is 23.9 Å². The van der Waals surface area contributed by atoms with Gasteiger partial charge in [-0.3, -0.25) is 19.3 Å². The van der Waals surface area contributed by atoms with Crippen molar-refractivity contribution in [3.63, 3.8) is 0 Å². The van der Waals surface area contributed by atoms with Crippen LogP contribution in [0, 0.1) is 11.8 Å². The largest absolute Gasteiger partial charge is 0.487 e. The van der Waals surface area contributed by atoms with Gasteiger partial charge in [0.25, 0.3) is 0 Å². The van der Waals surface area contributed by atoms with Gasteiger partial charge in [-0.15, -0.1) is 0 Å². The van der Waals surface area contributed by atoms with Crippen molar-refractivity contribution in [2.75, 3.05) is 20.6 Å². The van der Waals surface area contributed by atoms with Gasteiger partial charge < -0.3 is 25.8 Å². The summed E-state index contributed by atoms with van der Waals surface area (Å²) < 4.78 is 6.33. The Hall–Kier alpha value is -3.43. The van der Waals surface area contributed by atoms with E-state index in [-0.39, 0.29) is 30.7 Å². The minimum atomic E-state index is -1.07. The molecule has 0 radical (unpaired) electrons. The SMILES string of the molecule is CC[C@H](C)[C@H](C(=O)NC1C(=O)NC(Cc2ccccc2)C(=O)NC[C@H](O)c2ccc(cc2)O[C@@H]1C(C)C)N(C)C. The molecule has 9 heteroatoms. The molecule has 40 heavy (non-hydrogen) atoms. The van der Waals surface area contributed by atoms with Crippen LogP contribution in [0.5, 0.6) is 5.75 Å². The number of nitrogens with one attached hydrogen (secondary N) is 3. The van der Waals surface area contributed by atoms with E-state index in [2.05, 4.69) is 16.0 Å². The number of nitrogens with zero attached hydrogens (tertiary/aromatic N) is 1. The molecule has 0 aliphatic carbocycles. The molecule has 0 aromatic heterocycles. The fourth-order valence-corrected chi connectivity index (χ4v) is 5.03. The Morgan fingerprint density at radius 2 is 1.70 bits per heavy atom. The van der Waals surface area contributed by atoms with Crippen LogP contribution >= 0.6 is 0 Å². The van der Waals surface area contributed by atoms with Crippen molar-refractivity contribution in [2.45, 2.75) is 70.9 Å². The second-order valence-corrected chi connectivity index (χ2v) is 11.2. The fraction of sp³-hybridized carbons (Fsp3) is 0.516. The third kappa shape index (κ3) is 8.05. The lowest BCUT2D eigenvalue weighted by Gasteiger charge is -2.35.